The molecule has 0 fully saturated rings. The molecule has 1 aromatic carbocycles. The Morgan fingerprint density at radius 2 is 1.93 bits per heavy atom. The number of likely N-dealkylation sites (N-methyl/N-ethyl adjacent to an activating group) is 1. The minimum absolute atomic E-state index is 0.0191. The predicted molar refractivity (Wildman–Crippen MR) is 109 cm³/mol. The molecule has 0 saturated carbocycles. The molecule has 0 saturated heterocycles. The largest absolute Gasteiger partial charge is 0.497 e. The predicted octanol–water partition coefficient (Wildman–Crippen LogP) is 2.22. The zero-order valence-corrected chi connectivity index (χ0v) is 18.3. The minimum Gasteiger partial charge on any atom is -0.497 e. The van der Waals surface area contributed by atoms with Crippen molar-refractivity contribution in [3.05, 3.63) is 18.2 Å². The van der Waals surface area contributed by atoms with Gasteiger partial charge in [0.2, 0.25) is 11.8 Å². The van der Waals surface area contributed by atoms with E-state index in [-0.39, 0.29) is 40.8 Å². The van der Waals surface area contributed by atoms with E-state index in [0.717, 1.165) is 11.8 Å². The van der Waals surface area contributed by atoms with Gasteiger partial charge in [0.15, 0.2) is 0 Å². The van der Waals surface area contributed by atoms with Crippen molar-refractivity contribution in [3.8, 4) is 23.0 Å². The molecule has 29 heavy (non-hydrogen) atoms. The van der Waals surface area contributed by atoms with Gasteiger partial charge in [0.1, 0.15) is 11.5 Å². The molecule has 1 heterocycles. The lowest BCUT2D eigenvalue weighted by molar-refractivity contribution is -0.133. The third-order valence-corrected chi connectivity index (χ3v) is 4.49. The number of carbonyl (C=O) groups is 2. The summed E-state index contributed by atoms with van der Waals surface area (Å²) in [5.41, 5.74) is 0.272. The molecule has 10 heteroatoms. The third kappa shape index (κ3) is 6.67. The van der Waals surface area contributed by atoms with E-state index in [1.807, 2.05) is 20.8 Å². The van der Waals surface area contributed by atoms with E-state index in [1.54, 1.807) is 32.4 Å². The quantitative estimate of drug-likeness (QED) is 0.646. The van der Waals surface area contributed by atoms with Crippen molar-refractivity contribution in [2.45, 2.75) is 31.5 Å². The van der Waals surface area contributed by atoms with Crippen LogP contribution in [0, 0.1) is 0 Å². The monoisotopic (exact) mass is 422 g/mol. The second kappa shape index (κ2) is 9.64. The summed E-state index contributed by atoms with van der Waals surface area (Å²) in [5.74, 6) is 1.08. The molecule has 2 amide bonds. The number of methoxy groups -OCH3 is 2. The molecule has 2 rings (SSSR count). The van der Waals surface area contributed by atoms with Gasteiger partial charge in [0.25, 0.3) is 11.1 Å². The van der Waals surface area contributed by atoms with Crippen molar-refractivity contribution in [1.82, 2.24) is 20.4 Å². The summed E-state index contributed by atoms with van der Waals surface area (Å²) < 4.78 is 16.1. The van der Waals surface area contributed by atoms with Crippen molar-refractivity contribution >= 4 is 23.6 Å². The van der Waals surface area contributed by atoms with Crippen LogP contribution in [-0.2, 0) is 9.59 Å². The van der Waals surface area contributed by atoms with Crippen LogP contribution >= 0.6 is 11.8 Å². The van der Waals surface area contributed by atoms with Gasteiger partial charge < -0.3 is 24.1 Å². The van der Waals surface area contributed by atoms with Crippen molar-refractivity contribution in [1.29, 1.82) is 0 Å². The smallest absolute Gasteiger partial charge is 0.277 e. The maximum absolute atomic E-state index is 12.3. The number of ether oxygens (including phenoxy) is 2. The van der Waals surface area contributed by atoms with Gasteiger partial charge in [-0.25, -0.2) is 0 Å². The Hall–Kier alpha value is -2.75. The average Bonchev–Trinajstić information content (AvgIpc) is 3.12. The molecule has 1 aromatic heterocycles. The van der Waals surface area contributed by atoms with Gasteiger partial charge in [-0.05, 0) is 32.9 Å². The van der Waals surface area contributed by atoms with Crippen LogP contribution in [0.1, 0.15) is 20.8 Å². The van der Waals surface area contributed by atoms with Crippen LogP contribution in [0.3, 0.4) is 0 Å². The fourth-order valence-corrected chi connectivity index (χ4v) is 3.05. The molecule has 0 bridgehead atoms. The summed E-state index contributed by atoms with van der Waals surface area (Å²) in [4.78, 5) is 25.6. The maximum Gasteiger partial charge on any atom is 0.277 e. The second-order valence-electron chi connectivity index (χ2n) is 7.28. The first-order valence-electron chi connectivity index (χ1n) is 8.86. The summed E-state index contributed by atoms with van der Waals surface area (Å²) in [6, 6.07) is 5.23. The van der Waals surface area contributed by atoms with Gasteiger partial charge in [-0.2, -0.15) is 0 Å². The molecule has 0 aliphatic rings. The normalized spacial score (nSPS) is 11.1. The van der Waals surface area contributed by atoms with Gasteiger partial charge in [-0.3, -0.25) is 9.59 Å². The first-order valence-corrected chi connectivity index (χ1v) is 9.85. The van der Waals surface area contributed by atoms with Gasteiger partial charge in [0.05, 0.1) is 32.1 Å². The Morgan fingerprint density at radius 1 is 1.21 bits per heavy atom. The second-order valence-corrected chi connectivity index (χ2v) is 8.20. The number of thioether (sulfide) groups is 1. The number of amides is 2. The number of nitrogens with zero attached hydrogens (tertiary/aromatic N) is 3. The van der Waals surface area contributed by atoms with E-state index in [9.17, 15) is 9.59 Å². The Morgan fingerprint density at radius 3 is 2.55 bits per heavy atom. The minimum atomic E-state index is -0.349. The molecule has 0 radical (unpaired) electrons. The SMILES string of the molecule is COc1ccc(-c2nnc(SCC(=O)N(C)CC(=O)NC(C)(C)C)o2)c(OC)c1. The molecule has 0 unspecified atom stereocenters. The van der Waals surface area contributed by atoms with Crippen molar-refractivity contribution in [2.24, 2.45) is 0 Å². The topological polar surface area (TPSA) is 107 Å². The first kappa shape index (κ1) is 22.5. The number of benzene rings is 1. The Balaban J connectivity index is 1.95. The van der Waals surface area contributed by atoms with Crippen LogP contribution in [-0.4, -0.2) is 66.0 Å². The molecule has 0 atom stereocenters. The number of aromatic nitrogens is 2. The summed E-state index contributed by atoms with van der Waals surface area (Å²) in [6.07, 6.45) is 0. The van der Waals surface area contributed by atoms with E-state index in [4.69, 9.17) is 13.9 Å². The highest BCUT2D eigenvalue weighted by Gasteiger charge is 2.19. The van der Waals surface area contributed by atoms with Crippen LogP contribution in [0.15, 0.2) is 27.8 Å². The maximum atomic E-state index is 12.3. The lowest BCUT2D eigenvalue weighted by atomic mass is 10.1. The fourth-order valence-electron chi connectivity index (χ4n) is 2.35. The van der Waals surface area contributed by atoms with E-state index >= 15 is 0 Å². The van der Waals surface area contributed by atoms with Crippen molar-refractivity contribution in [2.75, 3.05) is 33.6 Å². The molecule has 1 N–H and O–H groups in total. The van der Waals surface area contributed by atoms with E-state index in [2.05, 4.69) is 15.5 Å². The van der Waals surface area contributed by atoms with Crippen molar-refractivity contribution < 1.29 is 23.5 Å². The molecule has 2 aromatic rings. The number of carbonyl (C=O) groups excluding carboxylic acids is 2. The Kier molecular flexibility index (Phi) is 7.49. The molecule has 158 valence electrons. The molecule has 9 nitrogen and oxygen atoms in total. The van der Waals surface area contributed by atoms with E-state index in [0.29, 0.717) is 17.1 Å². The fraction of sp³-hybridized carbons (Fsp3) is 0.474. The summed E-state index contributed by atoms with van der Waals surface area (Å²) in [7, 11) is 4.68. The Bertz CT molecular complexity index is 863. The Labute approximate surface area is 174 Å². The number of hydrogen-bond acceptors (Lipinski definition) is 8. The van der Waals surface area contributed by atoms with Crippen LogP contribution in [0.2, 0.25) is 0 Å². The first-order chi connectivity index (χ1) is 13.6. The summed E-state index contributed by atoms with van der Waals surface area (Å²) >= 11 is 1.11. The lowest BCUT2D eigenvalue weighted by Gasteiger charge is -2.23. The van der Waals surface area contributed by atoms with Crippen molar-refractivity contribution in [3.63, 3.8) is 0 Å². The standard InChI is InChI=1S/C19H26N4O5S/c1-19(2,3)20-15(24)10-23(4)16(25)11-29-18-22-21-17(28-18)13-8-7-12(26-5)9-14(13)27-6/h7-9H,10-11H2,1-6H3,(H,20,24). The van der Waals surface area contributed by atoms with Crippen LogP contribution in [0.4, 0.5) is 0 Å². The highest BCUT2D eigenvalue weighted by molar-refractivity contribution is 7.99. The highest BCUT2D eigenvalue weighted by atomic mass is 32.2. The zero-order valence-electron chi connectivity index (χ0n) is 17.4. The number of rotatable bonds is 8. The zero-order chi connectivity index (χ0) is 21.6. The highest BCUT2D eigenvalue weighted by Crippen LogP contribution is 2.33. The number of nitrogens with one attached hydrogen (secondary N) is 1. The van der Waals surface area contributed by atoms with Crippen LogP contribution < -0.4 is 14.8 Å². The van der Waals surface area contributed by atoms with Gasteiger partial charge in [0, 0.05) is 18.7 Å². The molecule has 0 spiro atoms. The van der Waals surface area contributed by atoms with Gasteiger partial charge in [-0.15, -0.1) is 10.2 Å². The van der Waals surface area contributed by atoms with Crippen LogP contribution in [0.5, 0.6) is 11.5 Å². The lowest BCUT2D eigenvalue weighted by Crippen LogP contribution is -2.46. The summed E-state index contributed by atoms with van der Waals surface area (Å²) in [5, 5.41) is 11.0. The molecule has 0 aliphatic carbocycles. The molecule has 0 aliphatic heterocycles. The van der Waals surface area contributed by atoms with E-state index < -0.39 is 0 Å². The van der Waals surface area contributed by atoms with E-state index in [1.165, 1.54) is 12.0 Å². The molecular formula is C19H26N4O5S. The third-order valence-electron chi connectivity index (χ3n) is 3.69. The van der Waals surface area contributed by atoms with Gasteiger partial charge in [-0.1, -0.05) is 11.8 Å². The summed E-state index contributed by atoms with van der Waals surface area (Å²) in [6.45, 7) is 5.63. The van der Waals surface area contributed by atoms with Gasteiger partial charge >= 0.3 is 0 Å². The average molecular weight is 423 g/mol. The van der Waals surface area contributed by atoms with Crippen LogP contribution in [0.25, 0.3) is 11.5 Å². The number of hydrogen-bond donors (Lipinski definition) is 1. The molecular weight excluding hydrogens is 396 g/mol.